The maximum absolute atomic E-state index is 12.3. The van der Waals surface area contributed by atoms with Crippen molar-refractivity contribution in [2.45, 2.75) is 0 Å². The molecule has 0 unspecified atom stereocenters. The van der Waals surface area contributed by atoms with Crippen LogP contribution in [-0.2, 0) is 9.59 Å². The molecule has 0 aliphatic carbocycles. The van der Waals surface area contributed by atoms with Gasteiger partial charge in [0, 0.05) is 5.69 Å². The number of urea groups is 1. The van der Waals surface area contributed by atoms with Crippen molar-refractivity contribution in [3.63, 3.8) is 0 Å². The van der Waals surface area contributed by atoms with Crippen LogP contribution in [0.2, 0.25) is 0 Å². The fourth-order valence-electron chi connectivity index (χ4n) is 2.34. The second-order valence-electron chi connectivity index (χ2n) is 5.57. The molecule has 8 nitrogen and oxygen atoms in total. The topological polar surface area (TPSA) is 119 Å². The average molecular weight is 353 g/mol. The van der Waals surface area contributed by atoms with Gasteiger partial charge in [0.1, 0.15) is 23.7 Å². The summed E-state index contributed by atoms with van der Waals surface area (Å²) in [5.74, 6) is -1.03. The molecule has 1 aliphatic heterocycles. The molecule has 2 aromatic carbocycles. The quantitative estimate of drug-likeness (QED) is 0.378. The number of phenols is 2. The fourth-order valence-corrected chi connectivity index (χ4v) is 2.34. The Morgan fingerprint density at radius 1 is 1.00 bits per heavy atom. The molecule has 1 heterocycles. The Morgan fingerprint density at radius 2 is 1.58 bits per heavy atom. The van der Waals surface area contributed by atoms with Gasteiger partial charge in [-0.3, -0.25) is 9.59 Å². The molecule has 3 rings (SSSR count). The molecule has 1 fully saturated rings. The molecule has 0 spiro atoms. The number of anilines is 1. The Bertz CT molecular complexity index is 888. The molecule has 1 aliphatic rings. The smallest absolute Gasteiger partial charge is 0.329 e. The second-order valence-corrected chi connectivity index (χ2v) is 5.57. The van der Waals surface area contributed by atoms with Gasteiger partial charge < -0.3 is 20.8 Å². The number of phenolic OH excluding ortho intramolecular Hbond substituents is 2. The van der Waals surface area contributed by atoms with Crippen molar-refractivity contribution < 1.29 is 24.6 Å². The van der Waals surface area contributed by atoms with Gasteiger partial charge in [-0.15, -0.1) is 0 Å². The van der Waals surface area contributed by atoms with Crippen molar-refractivity contribution in [3.8, 4) is 11.5 Å². The molecule has 4 amide bonds. The number of hydrogen-bond donors (Lipinski definition) is 4. The summed E-state index contributed by atoms with van der Waals surface area (Å²) in [6.45, 7) is -0.446. The Kier molecular flexibility index (Phi) is 4.57. The van der Waals surface area contributed by atoms with E-state index in [0.717, 1.165) is 4.90 Å². The Labute approximate surface area is 148 Å². The van der Waals surface area contributed by atoms with Crippen LogP contribution in [-0.4, -0.2) is 39.5 Å². The van der Waals surface area contributed by atoms with Gasteiger partial charge in [0.25, 0.3) is 5.91 Å². The molecule has 132 valence electrons. The third kappa shape index (κ3) is 3.81. The fraction of sp³-hybridized carbons (Fsp3) is 0.0556. The van der Waals surface area contributed by atoms with E-state index in [1.54, 1.807) is 12.1 Å². The van der Waals surface area contributed by atoms with Gasteiger partial charge in [0.15, 0.2) is 0 Å². The number of nitrogens with zero attached hydrogens (tertiary/aromatic N) is 1. The van der Waals surface area contributed by atoms with E-state index in [9.17, 15) is 24.6 Å². The van der Waals surface area contributed by atoms with Crippen LogP contribution in [0, 0.1) is 0 Å². The summed E-state index contributed by atoms with van der Waals surface area (Å²) in [5.41, 5.74) is 1.08. The van der Waals surface area contributed by atoms with Crippen LogP contribution in [0.3, 0.4) is 0 Å². The molecule has 0 bridgehead atoms. The minimum absolute atomic E-state index is 0.0399. The summed E-state index contributed by atoms with van der Waals surface area (Å²) in [5, 5.41) is 23.4. The van der Waals surface area contributed by atoms with E-state index in [1.807, 2.05) is 0 Å². The highest BCUT2D eigenvalue weighted by Crippen LogP contribution is 2.17. The van der Waals surface area contributed by atoms with E-state index < -0.39 is 24.4 Å². The number of hydrogen-bond acceptors (Lipinski definition) is 5. The maximum atomic E-state index is 12.3. The predicted molar refractivity (Wildman–Crippen MR) is 93.1 cm³/mol. The zero-order chi connectivity index (χ0) is 18.7. The summed E-state index contributed by atoms with van der Waals surface area (Å²) in [6.07, 6.45) is 1.46. The molecule has 0 aromatic heterocycles. The average Bonchev–Trinajstić information content (AvgIpc) is 2.86. The number of nitrogens with one attached hydrogen (secondary N) is 2. The summed E-state index contributed by atoms with van der Waals surface area (Å²) in [6, 6.07) is 11.2. The van der Waals surface area contributed by atoms with Gasteiger partial charge >= 0.3 is 6.03 Å². The first-order valence-corrected chi connectivity index (χ1v) is 7.65. The molecule has 0 atom stereocenters. The highest BCUT2D eigenvalue weighted by atomic mass is 16.3. The Morgan fingerprint density at radius 3 is 2.19 bits per heavy atom. The lowest BCUT2D eigenvalue weighted by Crippen LogP contribution is -2.38. The second kappa shape index (κ2) is 6.98. The normalized spacial score (nSPS) is 15.2. The summed E-state index contributed by atoms with van der Waals surface area (Å²) >= 11 is 0. The monoisotopic (exact) mass is 353 g/mol. The van der Waals surface area contributed by atoms with Crippen LogP contribution in [0.5, 0.6) is 11.5 Å². The third-order valence-corrected chi connectivity index (χ3v) is 3.62. The largest absolute Gasteiger partial charge is 0.508 e. The first-order valence-electron chi connectivity index (χ1n) is 7.65. The van der Waals surface area contributed by atoms with Crippen LogP contribution in [0.1, 0.15) is 5.56 Å². The lowest BCUT2D eigenvalue weighted by atomic mass is 10.2. The minimum Gasteiger partial charge on any atom is -0.508 e. The van der Waals surface area contributed by atoms with Crippen molar-refractivity contribution in [1.29, 1.82) is 0 Å². The SMILES string of the molecule is O=C(CN1C(=O)N/C(=C\c2ccc(O)cc2)C1=O)Nc1ccc(O)cc1. The van der Waals surface area contributed by atoms with E-state index in [0.29, 0.717) is 11.3 Å². The maximum Gasteiger partial charge on any atom is 0.329 e. The van der Waals surface area contributed by atoms with Crippen LogP contribution in [0.15, 0.2) is 54.2 Å². The highest BCUT2D eigenvalue weighted by Gasteiger charge is 2.34. The van der Waals surface area contributed by atoms with Crippen LogP contribution < -0.4 is 10.6 Å². The van der Waals surface area contributed by atoms with Crippen molar-refractivity contribution in [2.24, 2.45) is 0 Å². The standard InChI is InChI=1S/C18H15N3O5/c22-13-5-1-11(2-6-13)9-15-17(25)21(18(26)20-15)10-16(24)19-12-3-7-14(23)8-4-12/h1-9,22-23H,10H2,(H,19,24)(H,20,26)/b15-9-. The Hall–Kier alpha value is -3.81. The molecule has 1 saturated heterocycles. The number of carbonyl (C=O) groups excluding carboxylic acids is 3. The van der Waals surface area contributed by atoms with Crippen LogP contribution in [0.4, 0.5) is 10.5 Å². The van der Waals surface area contributed by atoms with Gasteiger partial charge in [-0.2, -0.15) is 0 Å². The number of amides is 4. The van der Waals surface area contributed by atoms with Crippen LogP contribution >= 0.6 is 0 Å². The van der Waals surface area contributed by atoms with Crippen LogP contribution in [0.25, 0.3) is 6.08 Å². The van der Waals surface area contributed by atoms with Gasteiger partial charge in [0.05, 0.1) is 0 Å². The molecule has 2 aromatic rings. The summed E-state index contributed by atoms with van der Waals surface area (Å²) in [7, 11) is 0. The predicted octanol–water partition coefficient (Wildman–Crippen LogP) is 1.63. The van der Waals surface area contributed by atoms with Crippen molar-refractivity contribution in [3.05, 3.63) is 59.8 Å². The molecule has 4 N–H and O–H groups in total. The van der Waals surface area contributed by atoms with E-state index in [1.165, 1.54) is 42.5 Å². The number of rotatable bonds is 4. The van der Waals surface area contributed by atoms with Gasteiger partial charge in [-0.25, -0.2) is 9.69 Å². The minimum atomic E-state index is -0.694. The lowest BCUT2D eigenvalue weighted by molar-refractivity contribution is -0.127. The zero-order valence-corrected chi connectivity index (χ0v) is 13.5. The first kappa shape index (κ1) is 17.0. The Balaban J connectivity index is 1.67. The van der Waals surface area contributed by atoms with Gasteiger partial charge in [-0.1, -0.05) is 12.1 Å². The molecule has 26 heavy (non-hydrogen) atoms. The third-order valence-electron chi connectivity index (χ3n) is 3.62. The summed E-state index contributed by atoms with van der Waals surface area (Å²) < 4.78 is 0. The van der Waals surface area contributed by atoms with Gasteiger partial charge in [0.2, 0.25) is 5.91 Å². The molecular weight excluding hydrogens is 338 g/mol. The zero-order valence-electron chi connectivity index (χ0n) is 13.5. The van der Waals surface area contributed by atoms with E-state index in [2.05, 4.69) is 10.6 Å². The van der Waals surface area contributed by atoms with E-state index in [4.69, 9.17) is 0 Å². The lowest BCUT2D eigenvalue weighted by Gasteiger charge is -2.12. The molecule has 0 saturated carbocycles. The summed E-state index contributed by atoms with van der Waals surface area (Å²) in [4.78, 5) is 37.1. The van der Waals surface area contributed by atoms with Crippen molar-refractivity contribution in [2.75, 3.05) is 11.9 Å². The molecular formula is C18H15N3O5. The highest BCUT2D eigenvalue weighted by molar-refractivity contribution is 6.15. The van der Waals surface area contributed by atoms with Crippen molar-refractivity contribution in [1.82, 2.24) is 10.2 Å². The van der Waals surface area contributed by atoms with E-state index >= 15 is 0 Å². The molecule has 8 heteroatoms. The number of carbonyl (C=O) groups is 3. The van der Waals surface area contributed by atoms with Crippen molar-refractivity contribution >= 4 is 29.6 Å². The molecule has 0 radical (unpaired) electrons. The first-order chi connectivity index (χ1) is 12.4. The van der Waals surface area contributed by atoms with E-state index in [-0.39, 0.29) is 17.2 Å². The number of imide groups is 1. The number of aromatic hydroxyl groups is 2. The van der Waals surface area contributed by atoms with Gasteiger partial charge in [-0.05, 0) is 48.0 Å². The number of benzene rings is 2.